The number of hydrogen-bond donors (Lipinski definition) is 1. The van der Waals surface area contributed by atoms with Gasteiger partial charge >= 0.3 is 0 Å². The SMILES string of the molecule is CC.CCC.Cc1cc(CC(=O)N2CCCC2C2=NC(C)(c3ccc(-c4cccnc4C)cc3)C(=O)N2)on1. The Hall–Kier alpha value is -3.81. The standard InChI is InChI=1S/C26H27N5O3.C3H8.C2H6/c1-16-14-20(34-30-16)15-23(32)31-13-5-7-22(31)24-28-25(33)26(3,29-24)19-10-8-18(9-11-19)21-6-4-12-27-17(21)2;1-3-2;1-2/h4,6,8-12,14,22H,5,7,13,15H2,1-3H3,(H,28,29,33);3H2,1-2H3;1-2H3. The molecule has 2 aliphatic rings. The number of amidine groups is 1. The molecular formula is C31H41N5O3. The van der Waals surface area contributed by atoms with E-state index in [1.165, 1.54) is 6.42 Å². The second-order valence-corrected chi connectivity index (χ2v) is 9.80. The molecule has 3 aromatic rings. The normalized spacial score (nSPS) is 19.9. The molecule has 2 aromatic heterocycles. The minimum atomic E-state index is -1.04. The van der Waals surface area contributed by atoms with Gasteiger partial charge in [-0.2, -0.15) is 0 Å². The van der Waals surface area contributed by atoms with Crippen LogP contribution in [0.4, 0.5) is 0 Å². The van der Waals surface area contributed by atoms with Crippen LogP contribution in [0, 0.1) is 13.8 Å². The maximum Gasteiger partial charge on any atom is 0.257 e. The summed E-state index contributed by atoms with van der Waals surface area (Å²) in [5.41, 5.74) is 3.55. The fraction of sp³-hybridized carbons (Fsp3) is 0.452. The van der Waals surface area contributed by atoms with E-state index in [1.54, 1.807) is 17.2 Å². The second kappa shape index (κ2) is 13.3. The van der Waals surface area contributed by atoms with Gasteiger partial charge < -0.3 is 14.7 Å². The third kappa shape index (κ3) is 6.61. The molecule has 2 amide bonds. The van der Waals surface area contributed by atoms with Crippen molar-refractivity contribution in [1.29, 1.82) is 0 Å². The first kappa shape index (κ1) is 29.7. The van der Waals surface area contributed by atoms with Gasteiger partial charge in [-0.05, 0) is 50.8 Å². The number of carbonyl (C=O) groups excluding carboxylic acids is 2. The third-order valence-corrected chi connectivity index (χ3v) is 6.68. The number of aromatic nitrogens is 2. The largest absolute Gasteiger partial charge is 0.361 e. The molecule has 8 nitrogen and oxygen atoms in total. The van der Waals surface area contributed by atoms with Gasteiger partial charge in [-0.1, -0.05) is 69.6 Å². The predicted octanol–water partition coefficient (Wildman–Crippen LogP) is 5.77. The van der Waals surface area contributed by atoms with Crippen LogP contribution in [0.2, 0.25) is 0 Å². The van der Waals surface area contributed by atoms with Gasteiger partial charge in [-0.3, -0.25) is 14.6 Å². The molecule has 1 fully saturated rings. The van der Waals surface area contributed by atoms with Crippen molar-refractivity contribution in [1.82, 2.24) is 20.4 Å². The number of carbonyl (C=O) groups is 2. The summed E-state index contributed by atoms with van der Waals surface area (Å²) in [6.07, 6.45) is 4.79. The maximum absolute atomic E-state index is 13.1. The van der Waals surface area contributed by atoms with Gasteiger partial charge in [0.2, 0.25) is 5.91 Å². The van der Waals surface area contributed by atoms with Crippen molar-refractivity contribution in [2.24, 2.45) is 4.99 Å². The summed E-state index contributed by atoms with van der Waals surface area (Å²) in [6.45, 7) is 14.5. The molecule has 5 rings (SSSR count). The van der Waals surface area contributed by atoms with Crippen LogP contribution in [0.1, 0.15) is 76.6 Å². The maximum atomic E-state index is 13.1. The molecule has 2 atom stereocenters. The van der Waals surface area contributed by atoms with E-state index >= 15 is 0 Å². The zero-order valence-corrected chi connectivity index (χ0v) is 24.2. The van der Waals surface area contributed by atoms with Crippen LogP contribution in [0.5, 0.6) is 0 Å². The van der Waals surface area contributed by atoms with E-state index in [9.17, 15) is 9.59 Å². The van der Waals surface area contributed by atoms with E-state index in [4.69, 9.17) is 9.52 Å². The van der Waals surface area contributed by atoms with E-state index in [1.807, 2.05) is 71.0 Å². The predicted molar refractivity (Wildman–Crippen MR) is 154 cm³/mol. The molecule has 39 heavy (non-hydrogen) atoms. The second-order valence-electron chi connectivity index (χ2n) is 9.80. The average Bonchev–Trinajstić information content (AvgIpc) is 3.66. The number of nitrogens with one attached hydrogen (secondary N) is 1. The highest BCUT2D eigenvalue weighted by Crippen LogP contribution is 2.33. The van der Waals surface area contributed by atoms with Crippen LogP contribution < -0.4 is 5.32 Å². The number of hydrogen-bond acceptors (Lipinski definition) is 6. The number of amides is 2. The van der Waals surface area contributed by atoms with Crippen molar-refractivity contribution in [2.45, 2.75) is 85.7 Å². The molecule has 1 aromatic carbocycles. The molecule has 0 radical (unpaired) electrons. The van der Waals surface area contributed by atoms with Crippen LogP contribution in [-0.2, 0) is 21.5 Å². The van der Waals surface area contributed by atoms with Gasteiger partial charge in [-0.25, -0.2) is 4.99 Å². The van der Waals surface area contributed by atoms with Crippen LogP contribution in [0.15, 0.2) is 58.2 Å². The molecule has 1 saturated heterocycles. The molecule has 0 saturated carbocycles. The van der Waals surface area contributed by atoms with E-state index in [0.717, 1.165) is 40.9 Å². The number of benzene rings is 1. The molecule has 0 bridgehead atoms. The molecule has 2 unspecified atom stereocenters. The van der Waals surface area contributed by atoms with Crippen LogP contribution in [-0.4, -0.2) is 45.3 Å². The zero-order valence-electron chi connectivity index (χ0n) is 24.2. The Morgan fingerprint density at radius 3 is 2.46 bits per heavy atom. The number of aryl methyl sites for hydroxylation is 2. The van der Waals surface area contributed by atoms with Gasteiger partial charge in [-0.15, -0.1) is 0 Å². The minimum absolute atomic E-state index is 0.0552. The van der Waals surface area contributed by atoms with Crippen molar-refractivity contribution in [3.05, 3.63) is 71.4 Å². The third-order valence-electron chi connectivity index (χ3n) is 6.68. The van der Waals surface area contributed by atoms with Gasteiger partial charge in [0.15, 0.2) is 5.54 Å². The summed E-state index contributed by atoms with van der Waals surface area (Å²) in [6, 6.07) is 13.3. The van der Waals surface area contributed by atoms with Gasteiger partial charge in [0.25, 0.3) is 5.91 Å². The lowest BCUT2D eigenvalue weighted by atomic mass is 9.91. The Morgan fingerprint density at radius 1 is 1.15 bits per heavy atom. The molecule has 8 heteroatoms. The molecule has 0 spiro atoms. The van der Waals surface area contributed by atoms with Crippen LogP contribution >= 0.6 is 0 Å². The van der Waals surface area contributed by atoms with Crippen LogP contribution in [0.25, 0.3) is 11.1 Å². The Labute approximate surface area is 231 Å². The van der Waals surface area contributed by atoms with Crippen molar-refractivity contribution < 1.29 is 14.1 Å². The van der Waals surface area contributed by atoms with Crippen molar-refractivity contribution in [3.8, 4) is 11.1 Å². The smallest absolute Gasteiger partial charge is 0.257 e. The van der Waals surface area contributed by atoms with Gasteiger partial charge in [0.1, 0.15) is 11.6 Å². The van der Waals surface area contributed by atoms with E-state index in [2.05, 4.69) is 29.3 Å². The minimum Gasteiger partial charge on any atom is -0.361 e. The fourth-order valence-corrected chi connectivity index (χ4v) is 4.77. The summed E-state index contributed by atoms with van der Waals surface area (Å²) in [5, 5.41) is 6.82. The summed E-state index contributed by atoms with van der Waals surface area (Å²) >= 11 is 0. The van der Waals surface area contributed by atoms with Crippen LogP contribution in [0.3, 0.4) is 0 Å². The van der Waals surface area contributed by atoms with Gasteiger partial charge in [0.05, 0.1) is 18.2 Å². The number of likely N-dealkylation sites (tertiary alicyclic amines) is 1. The molecule has 0 aliphatic carbocycles. The molecular weight excluding hydrogens is 490 g/mol. The first-order valence-corrected chi connectivity index (χ1v) is 13.9. The lowest BCUT2D eigenvalue weighted by Gasteiger charge is -2.24. The molecule has 4 heterocycles. The van der Waals surface area contributed by atoms with Crippen molar-refractivity contribution in [2.75, 3.05) is 6.54 Å². The highest BCUT2D eigenvalue weighted by Gasteiger charge is 2.45. The fourth-order valence-electron chi connectivity index (χ4n) is 4.77. The summed E-state index contributed by atoms with van der Waals surface area (Å²) in [7, 11) is 0. The molecule has 2 aliphatic heterocycles. The number of aliphatic imine (C=N–C) groups is 1. The Balaban J connectivity index is 0.000000787. The van der Waals surface area contributed by atoms with Crippen molar-refractivity contribution in [3.63, 3.8) is 0 Å². The first-order valence-electron chi connectivity index (χ1n) is 13.9. The molecule has 208 valence electrons. The highest BCUT2D eigenvalue weighted by atomic mass is 16.5. The first-order chi connectivity index (χ1) is 18.8. The Kier molecular flexibility index (Phi) is 10.2. The summed E-state index contributed by atoms with van der Waals surface area (Å²) in [4.78, 5) is 37.0. The zero-order chi connectivity index (χ0) is 28.6. The number of nitrogens with zero attached hydrogens (tertiary/aromatic N) is 4. The molecule has 1 N–H and O–H groups in total. The average molecular weight is 532 g/mol. The summed E-state index contributed by atoms with van der Waals surface area (Å²) in [5.74, 6) is 0.858. The highest BCUT2D eigenvalue weighted by molar-refractivity contribution is 6.11. The number of pyridine rings is 1. The Morgan fingerprint density at radius 2 is 1.85 bits per heavy atom. The van der Waals surface area contributed by atoms with E-state index in [-0.39, 0.29) is 24.3 Å². The lowest BCUT2D eigenvalue weighted by molar-refractivity contribution is -0.130. The van der Waals surface area contributed by atoms with Crippen molar-refractivity contribution >= 4 is 17.6 Å². The van der Waals surface area contributed by atoms with E-state index < -0.39 is 5.54 Å². The lowest BCUT2D eigenvalue weighted by Crippen LogP contribution is -2.46. The quantitative estimate of drug-likeness (QED) is 0.450. The topological polar surface area (TPSA) is 101 Å². The monoisotopic (exact) mass is 531 g/mol. The van der Waals surface area contributed by atoms with Gasteiger partial charge in [0, 0.05) is 30.1 Å². The Bertz CT molecular complexity index is 1300. The summed E-state index contributed by atoms with van der Waals surface area (Å²) < 4.78 is 5.21. The number of rotatable bonds is 5. The van der Waals surface area contributed by atoms with E-state index in [0.29, 0.717) is 18.1 Å².